The summed E-state index contributed by atoms with van der Waals surface area (Å²) in [5, 5.41) is 13.4. The summed E-state index contributed by atoms with van der Waals surface area (Å²) in [6, 6.07) is 7.90. The fraction of sp³-hybridized carbons (Fsp3) is 0.267. The molecule has 5 nitrogen and oxygen atoms in total. The van der Waals surface area contributed by atoms with Crippen LogP contribution in [-0.4, -0.2) is 24.9 Å². The van der Waals surface area contributed by atoms with Crippen LogP contribution in [0.15, 0.2) is 30.3 Å². The van der Waals surface area contributed by atoms with Crippen molar-refractivity contribution in [1.82, 2.24) is 10.6 Å². The van der Waals surface area contributed by atoms with Crippen LogP contribution in [0, 0.1) is 17.1 Å². The van der Waals surface area contributed by atoms with Crippen molar-refractivity contribution in [3.05, 3.63) is 41.7 Å². The quantitative estimate of drug-likeness (QED) is 0.587. The molecular weight excluding hydrogens is 273 g/mol. The van der Waals surface area contributed by atoms with Crippen molar-refractivity contribution in [3.8, 4) is 6.07 Å². The number of halogens is 1. The van der Waals surface area contributed by atoms with E-state index in [1.165, 1.54) is 18.2 Å². The first-order valence-corrected chi connectivity index (χ1v) is 6.47. The van der Waals surface area contributed by atoms with E-state index in [2.05, 4.69) is 10.6 Å². The second-order valence-electron chi connectivity index (χ2n) is 4.18. The van der Waals surface area contributed by atoms with Crippen LogP contribution in [0.4, 0.5) is 4.39 Å². The first kappa shape index (κ1) is 16.4. The van der Waals surface area contributed by atoms with Gasteiger partial charge in [-0.05, 0) is 18.6 Å². The molecule has 2 N–H and O–H groups in total. The average Bonchev–Trinajstić information content (AvgIpc) is 2.46. The van der Waals surface area contributed by atoms with E-state index in [4.69, 9.17) is 5.26 Å². The zero-order valence-electron chi connectivity index (χ0n) is 11.4. The topological polar surface area (TPSA) is 82.0 Å². The van der Waals surface area contributed by atoms with Gasteiger partial charge in [0.15, 0.2) is 0 Å². The van der Waals surface area contributed by atoms with E-state index < -0.39 is 0 Å². The summed E-state index contributed by atoms with van der Waals surface area (Å²) in [6.45, 7) is 0.769. The number of hydrogen-bond acceptors (Lipinski definition) is 3. The summed E-state index contributed by atoms with van der Waals surface area (Å²) in [5.74, 6) is -1.05. The van der Waals surface area contributed by atoms with E-state index in [1.807, 2.05) is 0 Å². The first-order valence-electron chi connectivity index (χ1n) is 6.47. The number of rotatable bonds is 7. The SMILES string of the molecule is N#CCC(=O)NCCCNC(=O)/C=C/c1ccccc1F. The summed E-state index contributed by atoms with van der Waals surface area (Å²) in [4.78, 5) is 22.4. The van der Waals surface area contributed by atoms with Crippen molar-refractivity contribution in [2.75, 3.05) is 13.1 Å². The van der Waals surface area contributed by atoms with Crippen molar-refractivity contribution in [2.24, 2.45) is 0 Å². The summed E-state index contributed by atoms with van der Waals surface area (Å²) in [6.07, 6.45) is 3.04. The molecule has 0 bridgehead atoms. The molecule has 110 valence electrons. The van der Waals surface area contributed by atoms with Gasteiger partial charge in [0.1, 0.15) is 12.2 Å². The molecular formula is C15H16FN3O2. The molecule has 2 amide bonds. The minimum atomic E-state index is -0.387. The molecule has 0 unspecified atom stereocenters. The van der Waals surface area contributed by atoms with E-state index in [1.54, 1.807) is 24.3 Å². The molecule has 0 saturated carbocycles. The zero-order valence-corrected chi connectivity index (χ0v) is 11.4. The van der Waals surface area contributed by atoms with Gasteiger partial charge in [-0.2, -0.15) is 5.26 Å². The molecule has 0 aliphatic rings. The number of carbonyl (C=O) groups excluding carboxylic acids is 2. The molecule has 0 fully saturated rings. The highest BCUT2D eigenvalue weighted by Gasteiger charge is 2.00. The number of benzene rings is 1. The number of nitrogens with zero attached hydrogens (tertiary/aromatic N) is 1. The summed E-state index contributed by atoms with van der Waals surface area (Å²) >= 11 is 0. The normalized spacial score (nSPS) is 10.1. The van der Waals surface area contributed by atoms with Gasteiger partial charge in [0, 0.05) is 24.7 Å². The Labute approximate surface area is 122 Å². The van der Waals surface area contributed by atoms with Gasteiger partial charge in [-0.25, -0.2) is 4.39 Å². The van der Waals surface area contributed by atoms with E-state index in [0.29, 0.717) is 25.1 Å². The van der Waals surface area contributed by atoms with Gasteiger partial charge in [0.05, 0.1) is 6.07 Å². The van der Waals surface area contributed by atoms with Crippen LogP contribution >= 0.6 is 0 Å². The molecule has 0 radical (unpaired) electrons. The maximum absolute atomic E-state index is 13.3. The monoisotopic (exact) mass is 289 g/mol. The number of amides is 2. The van der Waals surface area contributed by atoms with Crippen molar-refractivity contribution >= 4 is 17.9 Å². The Morgan fingerprint density at radius 3 is 2.67 bits per heavy atom. The van der Waals surface area contributed by atoms with Crippen LogP contribution in [0.5, 0.6) is 0 Å². The number of nitriles is 1. The zero-order chi connectivity index (χ0) is 15.5. The van der Waals surface area contributed by atoms with Gasteiger partial charge in [-0.3, -0.25) is 9.59 Å². The van der Waals surface area contributed by atoms with Crippen molar-refractivity contribution in [3.63, 3.8) is 0 Å². The Morgan fingerprint density at radius 2 is 1.95 bits per heavy atom. The fourth-order valence-corrected chi connectivity index (χ4v) is 1.50. The van der Waals surface area contributed by atoms with Gasteiger partial charge < -0.3 is 10.6 Å². The van der Waals surface area contributed by atoms with Crippen molar-refractivity contribution < 1.29 is 14.0 Å². The van der Waals surface area contributed by atoms with Crippen LogP contribution in [0.1, 0.15) is 18.4 Å². The smallest absolute Gasteiger partial charge is 0.244 e. The van der Waals surface area contributed by atoms with Gasteiger partial charge in [-0.1, -0.05) is 18.2 Å². The van der Waals surface area contributed by atoms with Gasteiger partial charge in [-0.15, -0.1) is 0 Å². The fourth-order valence-electron chi connectivity index (χ4n) is 1.50. The van der Waals surface area contributed by atoms with Crippen LogP contribution in [0.2, 0.25) is 0 Å². The van der Waals surface area contributed by atoms with E-state index in [0.717, 1.165) is 0 Å². The molecule has 1 aromatic rings. The molecule has 0 atom stereocenters. The van der Waals surface area contributed by atoms with Gasteiger partial charge in [0.2, 0.25) is 11.8 Å². The van der Waals surface area contributed by atoms with E-state index in [-0.39, 0.29) is 24.1 Å². The highest BCUT2D eigenvalue weighted by atomic mass is 19.1. The van der Waals surface area contributed by atoms with Crippen molar-refractivity contribution in [2.45, 2.75) is 12.8 Å². The molecule has 0 spiro atoms. The molecule has 0 aliphatic carbocycles. The third-order valence-corrected chi connectivity index (χ3v) is 2.53. The highest BCUT2D eigenvalue weighted by Crippen LogP contribution is 2.07. The highest BCUT2D eigenvalue weighted by molar-refractivity contribution is 5.91. The molecule has 0 aliphatic heterocycles. The number of nitrogens with one attached hydrogen (secondary N) is 2. The Morgan fingerprint density at radius 1 is 1.24 bits per heavy atom. The lowest BCUT2D eigenvalue weighted by atomic mass is 10.2. The molecule has 0 aromatic heterocycles. The largest absolute Gasteiger partial charge is 0.355 e. The summed E-state index contributed by atoms with van der Waals surface area (Å²) in [5.41, 5.74) is 0.344. The van der Waals surface area contributed by atoms with Gasteiger partial charge in [0.25, 0.3) is 0 Å². The lowest BCUT2D eigenvalue weighted by molar-refractivity contribution is -0.120. The molecule has 0 heterocycles. The van der Waals surface area contributed by atoms with Crippen molar-refractivity contribution in [1.29, 1.82) is 5.26 Å². The first-order chi connectivity index (χ1) is 10.1. The number of carbonyl (C=O) groups is 2. The lowest BCUT2D eigenvalue weighted by Gasteiger charge is -2.03. The second-order valence-corrected chi connectivity index (χ2v) is 4.18. The lowest BCUT2D eigenvalue weighted by Crippen LogP contribution is -2.28. The predicted octanol–water partition coefficient (Wildman–Crippen LogP) is 1.38. The maximum Gasteiger partial charge on any atom is 0.244 e. The number of hydrogen-bond donors (Lipinski definition) is 2. The van der Waals surface area contributed by atoms with E-state index in [9.17, 15) is 14.0 Å². The van der Waals surface area contributed by atoms with Gasteiger partial charge >= 0.3 is 0 Å². The van der Waals surface area contributed by atoms with Crippen LogP contribution in [0.25, 0.3) is 6.08 Å². The third-order valence-electron chi connectivity index (χ3n) is 2.53. The molecule has 0 saturated heterocycles. The average molecular weight is 289 g/mol. The molecule has 1 rings (SSSR count). The molecule has 1 aromatic carbocycles. The second kappa shape index (κ2) is 9.26. The minimum Gasteiger partial charge on any atom is -0.355 e. The molecule has 6 heteroatoms. The Balaban J connectivity index is 2.22. The Kier molecular flexibility index (Phi) is 7.22. The van der Waals surface area contributed by atoms with Crippen LogP contribution < -0.4 is 10.6 Å². The third kappa shape index (κ3) is 6.87. The Bertz CT molecular complexity index is 564. The maximum atomic E-state index is 13.3. The minimum absolute atomic E-state index is 0.169. The predicted molar refractivity (Wildman–Crippen MR) is 76.3 cm³/mol. The standard InChI is InChI=1S/C15H16FN3O2/c16-13-5-2-1-4-12(13)6-7-14(20)18-10-3-11-19-15(21)8-9-17/h1-2,4-7H,3,8,10-11H2,(H,18,20)(H,19,21)/b7-6+. The Hall–Kier alpha value is -2.68. The summed E-state index contributed by atoms with van der Waals surface area (Å²) < 4.78 is 13.3. The molecule has 21 heavy (non-hydrogen) atoms. The summed E-state index contributed by atoms with van der Waals surface area (Å²) in [7, 11) is 0. The van der Waals surface area contributed by atoms with Crippen LogP contribution in [0.3, 0.4) is 0 Å². The van der Waals surface area contributed by atoms with E-state index >= 15 is 0 Å². The van der Waals surface area contributed by atoms with Crippen LogP contribution in [-0.2, 0) is 9.59 Å².